The number of methoxy groups -OCH3 is 2. The van der Waals surface area contributed by atoms with Crippen LogP contribution in [0.1, 0.15) is 32.8 Å². The lowest BCUT2D eigenvalue weighted by molar-refractivity contribution is 0.198. The summed E-state index contributed by atoms with van der Waals surface area (Å²) in [6, 6.07) is 3.77. The van der Waals surface area contributed by atoms with Crippen LogP contribution < -0.4 is 14.8 Å². The Morgan fingerprint density at radius 1 is 1.24 bits per heavy atom. The molecule has 2 N–H and O–H groups in total. The molecule has 0 aromatic heterocycles. The summed E-state index contributed by atoms with van der Waals surface area (Å²) < 4.78 is 10.5. The monoisotopic (exact) mass is 315 g/mol. The van der Waals surface area contributed by atoms with Crippen molar-refractivity contribution in [2.24, 2.45) is 5.41 Å². The first kappa shape index (κ1) is 18.1. The number of nitrogens with one attached hydrogen (secondary N) is 1. The predicted molar refractivity (Wildman–Crippen MR) is 86.3 cm³/mol. The summed E-state index contributed by atoms with van der Waals surface area (Å²) in [5.41, 5.74) is 1.07. The van der Waals surface area contributed by atoms with E-state index in [4.69, 9.17) is 21.1 Å². The molecule has 0 spiro atoms. The Morgan fingerprint density at radius 3 is 2.38 bits per heavy atom. The SMILES string of the molecule is COc1ccc(CNC(CO)CC(C)(C)C)c(Cl)c1OC. The lowest BCUT2D eigenvalue weighted by atomic mass is 9.88. The minimum Gasteiger partial charge on any atom is -0.493 e. The molecular weight excluding hydrogens is 290 g/mol. The largest absolute Gasteiger partial charge is 0.493 e. The summed E-state index contributed by atoms with van der Waals surface area (Å²) >= 11 is 6.35. The van der Waals surface area contributed by atoms with Gasteiger partial charge in [-0.05, 0) is 23.5 Å². The van der Waals surface area contributed by atoms with Crippen molar-refractivity contribution >= 4 is 11.6 Å². The van der Waals surface area contributed by atoms with Crippen LogP contribution in [0.4, 0.5) is 0 Å². The van der Waals surface area contributed by atoms with Crippen LogP contribution >= 0.6 is 11.6 Å². The van der Waals surface area contributed by atoms with Crippen molar-refractivity contribution in [2.75, 3.05) is 20.8 Å². The first-order valence-electron chi connectivity index (χ1n) is 7.06. The number of hydrogen-bond acceptors (Lipinski definition) is 4. The molecule has 0 saturated carbocycles. The fraction of sp³-hybridized carbons (Fsp3) is 0.625. The van der Waals surface area contributed by atoms with Gasteiger partial charge in [-0.15, -0.1) is 0 Å². The summed E-state index contributed by atoms with van der Waals surface area (Å²) in [5.74, 6) is 1.15. The molecular formula is C16H26ClNO3. The van der Waals surface area contributed by atoms with Crippen LogP contribution in [0.5, 0.6) is 11.5 Å². The predicted octanol–water partition coefficient (Wildman–Crippen LogP) is 3.24. The molecule has 1 rings (SSSR count). The smallest absolute Gasteiger partial charge is 0.179 e. The average Bonchev–Trinajstić information content (AvgIpc) is 2.42. The Kier molecular flexibility index (Phi) is 6.78. The van der Waals surface area contributed by atoms with Crippen LogP contribution in [-0.4, -0.2) is 32.0 Å². The fourth-order valence-corrected chi connectivity index (χ4v) is 2.56. The minimum absolute atomic E-state index is 0.0363. The number of rotatable bonds is 7. The van der Waals surface area contributed by atoms with E-state index in [1.54, 1.807) is 14.2 Å². The van der Waals surface area contributed by atoms with Crippen molar-refractivity contribution in [3.8, 4) is 11.5 Å². The lowest BCUT2D eigenvalue weighted by Gasteiger charge is -2.25. The van der Waals surface area contributed by atoms with E-state index in [0.29, 0.717) is 23.1 Å². The van der Waals surface area contributed by atoms with E-state index in [1.165, 1.54) is 0 Å². The molecule has 120 valence electrons. The van der Waals surface area contributed by atoms with Crippen LogP contribution in [0, 0.1) is 5.41 Å². The molecule has 0 heterocycles. The van der Waals surface area contributed by atoms with Gasteiger partial charge in [-0.1, -0.05) is 38.4 Å². The molecule has 0 aliphatic heterocycles. The molecule has 0 amide bonds. The van der Waals surface area contributed by atoms with Crippen molar-refractivity contribution in [1.29, 1.82) is 0 Å². The zero-order chi connectivity index (χ0) is 16.0. The molecule has 1 atom stereocenters. The lowest BCUT2D eigenvalue weighted by Crippen LogP contribution is -2.35. The highest BCUT2D eigenvalue weighted by Gasteiger charge is 2.19. The number of halogens is 1. The van der Waals surface area contributed by atoms with E-state index in [1.807, 2.05) is 12.1 Å². The van der Waals surface area contributed by atoms with Gasteiger partial charge in [-0.25, -0.2) is 0 Å². The van der Waals surface area contributed by atoms with Gasteiger partial charge in [-0.2, -0.15) is 0 Å². The molecule has 4 nitrogen and oxygen atoms in total. The van der Waals surface area contributed by atoms with Crippen LogP contribution in [0.2, 0.25) is 5.02 Å². The first-order valence-corrected chi connectivity index (χ1v) is 7.43. The van der Waals surface area contributed by atoms with Gasteiger partial charge in [0.15, 0.2) is 11.5 Å². The number of benzene rings is 1. The Labute approximate surface area is 132 Å². The number of ether oxygens (including phenoxy) is 2. The number of aliphatic hydroxyl groups is 1. The van der Waals surface area contributed by atoms with Gasteiger partial charge in [0.2, 0.25) is 0 Å². The van der Waals surface area contributed by atoms with E-state index in [-0.39, 0.29) is 18.1 Å². The van der Waals surface area contributed by atoms with E-state index in [0.717, 1.165) is 12.0 Å². The van der Waals surface area contributed by atoms with Crippen molar-refractivity contribution < 1.29 is 14.6 Å². The molecule has 5 heteroatoms. The molecule has 1 unspecified atom stereocenters. The minimum atomic E-state index is 0.0363. The standard InChI is InChI=1S/C16H26ClNO3/c1-16(2,3)8-12(10-19)18-9-11-6-7-13(20-4)15(21-5)14(11)17/h6-7,12,18-19H,8-10H2,1-5H3. The van der Waals surface area contributed by atoms with Crippen molar-refractivity contribution in [3.05, 3.63) is 22.7 Å². The average molecular weight is 316 g/mol. The molecule has 1 aromatic carbocycles. The second-order valence-corrected chi connectivity index (χ2v) is 6.68. The number of hydrogen-bond donors (Lipinski definition) is 2. The maximum atomic E-state index is 9.48. The number of aliphatic hydroxyl groups excluding tert-OH is 1. The van der Waals surface area contributed by atoms with Crippen LogP contribution in [0.15, 0.2) is 12.1 Å². The van der Waals surface area contributed by atoms with E-state index >= 15 is 0 Å². The summed E-state index contributed by atoms with van der Waals surface area (Å²) in [5, 5.41) is 13.4. The summed E-state index contributed by atoms with van der Waals surface area (Å²) in [4.78, 5) is 0. The third kappa shape index (κ3) is 5.38. The molecule has 1 aromatic rings. The Hall–Kier alpha value is -0.970. The molecule has 21 heavy (non-hydrogen) atoms. The fourth-order valence-electron chi connectivity index (χ4n) is 2.26. The Bertz CT molecular complexity index is 458. The highest BCUT2D eigenvalue weighted by molar-refractivity contribution is 6.33. The van der Waals surface area contributed by atoms with Gasteiger partial charge in [0.1, 0.15) is 0 Å². The highest BCUT2D eigenvalue weighted by atomic mass is 35.5. The van der Waals surface area contributed by atoms with Crippen LogP contribution in [0.3, 0.4) is 0 Å². The normalized spacial score (nSPS) is 13.1. The third-order valence-corrected chi connectivity index (χ3v) is 3.64. The zero-order valence-corrected chi connectivity index (χ0v) is 14.3. The van der Waals surface area contributed by atoms with Gasteiger partial charge in [0, 0.05) is 12.6 Å². The molecule has 0 bridgehead atoms. The van der Waals surface area contributed by atoms with Crippen molar-refractivity contribution in [1.82, 2.24) is 5.32 Å². The van der Waals surface area contributed by atoms with E-state index in [9.17, 15) is 5.11 Å². The first-order chi connectivity index (χ1) is 9.82. The van der Waals surface area contributed by atoms with Crippen LogP contribution in [-0.2, 0) is 6.54 Å². The zero-order valence-electron chi connectivity index (χ0n) is 13.5. The molecule has 0 aliphatic carbocycles. The topological polar surface area (TPSA) is 50.7 Å². The maximum absolute atomic E-state index is 9.48. The van der Waals surface area contributed by atoms with E-state index < -0.39 is 0 Å². The van der Waals surface area contributed by atoms with Gasteiger partial charge in [0.25, 0.3) is 0 Å². The second kappa shape index (κ2) is 7.87. The van der Waals surface area contributed by atoms with Gasteiger partial charge < -0.3 is 19.9 Å². The quantitative estimate of drug-likeness (QED) is 0.811. The molecule has 0 fully saturated rings. The van der Waals surface area contributed by atoms with Crippen molar-refractivity contribution in [3.63, 3.8) is 0 Å². The second-order valence-electron chi connectivity index (χ2n) is 6.30. The Balaban J connectivity index is 2.79. The molecule has 0 saturated heterocycles. The van der Waals surface area contributed by atoms with Gasteiger partial charge >= 0.3 is 0 Å². The highest BCUT2D eigenvalue weighted by Crippen LogP contribution is 2.37. The van der Waals surface area contributed by atoms with E-state index in [2.05, 4.69) is 26.1 Å². The van der Waals surface area contributed by atoms with Gasteiger partial charge in [-0.3, -0.25) is 0 Å². The summed E-state index contributed by atoms with van der Waals surface area (Å²) in [6.07, 6.45) is 0.883. The van der Waals surface area contributed by atoms with Crippen LogP contribution in [0.25, 0.3) is 0 Å². The van der Waals surface area contributed by atoms with Gasteiger partial charge in [0.05, 0.1) is 25.8 Å². The molecule has 0 radical (unpaired) electrons. The maximum Gasteiger partial charge on any atom is 0.179 e. The van der Waals surface area contributed by atoms with Crippen molar-refractivity contribution in [2.45, 2.75) is 39.8 Å². The molecule has 0 aliphatic rings. The summed E-state index contributed by atoms with van der Waals surface area (Å²) in [7, 11) is 3.15. The summed E-state index contributed by atoms with van der Waals surface area (Å²) in [6.45, 7) is 7.13. The Morgan fingerprint density at radius 2 is 1.90 bits per heavy atom. The third-order valence-electron chi connectivity index (χ3n) is 3.23.